The average Bonchev–Trinajstić information content (AvgIpc) is 3.14. The van der Waals surface area contributed by atoms with Crippen molar-refractivity contribution in [2.24, 2.45) is 11.7 Å². The fourth-order valence-corrected chi connectivity index (χ4v) is 3.41. The van der Waals surface area contributed by atoms with Crippen LogP contribution < -0.4 is 17.0 Å². The highest BCUT2D eigenvalue weighted by molar-refractivity contribution is 5.85. The Kier molecular flexibility index (Phi) is 7.46. The van der Waals surface area contributed by atoms with E-state index in [4.69, 9.17) is 24.7 Å². The molecule has 30 heavy (non-hydrogen) atoms. The number of rotatable bonds is 6. The largest absolute Gasteiger partial charge is 0.462 e. The summed E-state index contributed by atoms with van der Waals surface area (Å²) >= 11 is 0. The van der Waals surface area contributed by atoms with Crippen LogP contribution in [-0.2, 0) is 23.7 Å². The van der Waals surface area contributed by atoms with Gasteiger partial charge in [-0.15, -0.1) is 12.4 Å². The van der Waals surface area contributed by atoms with E-state index in [-0.39, 0.29) is 24.9 Å². The number of fused-ring (bicyclic) bond motifs is 1. The van der Waals surface area contributed by atoms with E-state index in [2.05, 4.69) is 0 Å². The number of esters is 1. The Morgan fingerprint density at radius 1 is 1.37 bits per heavy atom. The SMILES string of the molecule is CC[C@H](C)[C@H](N)C(=O)OC[C@H]1O[C@@H](n2cc(F)c(=O)[nH]c2=O)[C@@H]2OC(C)(C)O[C@@H]21.Cl. The predicted molar refractivity (Wildman–Crippen MR) is 105 cm³/mol. The van der Waals surface area contributed by atoms with Gasteiger partial charge in [0.2, 0.25) is 5.82 Å². The lowest BCUT2D eigenvalue weighted by Gasteiger charge is -2.25. The average molecular weight is 452 g/mol. The van der Waals surface area contributed by atoms with Crippen molar-refractivity contribution in [2.75, 3.05) is 6.61 Å². The molecule has 2 fully saturated rings. The molecule has 0 amide bonds. The number of H-pyrrole nitrogens is 1. The molecule has 0 radical (unpaired) electrons. The molecular weight excluding hydrogens is 425 g/mol. The third-order valence-corrected chi connectivity index (χ3v) is 5.24. The molecule has 3 N–H and O–H groups in total. The van der Waals surface area contributed by atoms with E-state index in [1.54, 1.807) is 13.8 Å². The number of ether oxygens (including phenoxy) is 4. The fraction of sp³-hybridized carbons (Fsp3) is 0.722. The second-order valence-electron chi connectivity index (χ2n) is 7.81. The number of aromatic nitrogens is 2. The fourth-order valence-electron chi connectivity index (χ4n) is 3.41. The van der Waals surface area contributed by atoms with Gasteiger partial charge < -0.3 is 24.7 Å². The lowest BCUT2D eigenvalue weighted by atomic mass is 10.0. The van der Waals surface area contributed by atoms with Crippen molar-refractivity contribution in [1.29, 1.82) is 0 Å². The van der Waals surface area contributed by atoms with Gasteiger partial charge in [0.1, 0.15) is 31.0 Å². The number of nitrogens with one attached hydrogen (secondary N) is 1. The molecule has 170 valence electrons. The summed E-state index contributed by atoms with van der Waals surface area (Å²) in [6.45, 7) is 6.94. The van der Waals surface area contributed by atoms with Crippen LogP contribution in [0, 0.1) is 11.7 Å². The highest BCUT2D eigenvalue weighted by Gasteiger charge is 2.56. The van der Waals surface area contributed by atoms with Crippen LogP contribution in [0.15, 0.2) is 15.8 Å². The first-order chi connectivity index (χ1) is 13.5. The van der Waals surface area contributed by atoms with E-state index in [0.717, 1.165) is 17.2 Å². The van der Waals surface area contributed by atoms with Crippen molar-refractivity contribution < 1.29 is 28.1 Å². The predicted octanol–water partition coefficient (Wildman–Crippen LogP) is 0.432. The first-order valence-electron chi connectivity index (χ1n) is 9.48. The van der Waals surface area contributed by atoms with Gasteiger partial charge in [0.25, 0.3) is 5.56 Å². The minimum atomic E-state index is -1.14. The van der Waals surface area contributed by atoms with Gasteiger partial charge in [0.05, 0.1) is 6.20 Å². The van der Waals surface area contributed by atoms with Crippen molar-refractivity contribution in [1.82, 2.24) is 9.55 Å². The first-order valence-corrected chi connectivity index (χ1v) is 9.48. The summed E-state index contributed by atoms with van der Waals surface area (Å²) < 4.78 is 37.4. The van der Waals surface area contributed by atoms with Crippen molar-refractivity contribution in [3.8, 4) is 0 Å². The summed E-state index contributed by atoms with van der Waals surface area (Å²) in [5.41, 5.74) is 3.90. The molecule has 0 spiro atoms. The van der Waals surface area contributed by atoms with E-state index >= 15 is 0 Å². The number of aromatic amines is 1. The minimum Gasteiger partial charge on any atom is -0.462 e. The second-order valence-corrected chi connectivity index (χ2v) is 7.81. The van der Waals surface area contributed by atoms with Gasteiger partial charge >= 0.3 is 11.7 Å². The molecule has 0 saturated carbocycles. The number of carbonyl (C=O) groups is 1. The smallest absolute Gasteiger partial charge is 0.330 e. The maximum atomic E-state index is 13.7. The van der Waals surface area contributed by atoms with Crippen LogP contribution in [0.2, 0.25) is 0 Å². The molecule has 6 atom stereocenters. The van der Waals surface area contributed by atoms with Crippen molar-refractivity contribution in [3.63, 3.8) is 0 Å². The lowest BCUT2D eigenvalue weighted by molar-refractivity contribution is -0.203. The molecule has 0 aliphatic carbocycles. The topological polar surface area (TPSA) is 135 Å². The molecule has 1 aromatic heterocycles. The molecule has 3 rings (SSSR count). The molecule has 2 aliphatic heterocycles. The maximum absolute atomic E-state index is 13.7. The zero-order valence-electron chi connectivity index (χ0n) is 17.1. The summed E-state index contributed by atoms with van der Waals surface area (Å²) in [4.78, 5) is 37.5. The summed E-state index contributed by atoms with van der Waals surface area (Å²) in [6.07, 6.45) is -1.83. The molecular formula is C18H27ClFN3O7. The van der Waals surface area contributed by atoms with Crippen molar-refractivity contribution >= 4 is 18.4 Å². The molecule has 0 aromatic carbocycles. The Bertz CT molecular complexity index is 889. The number of hydrogen-bond donors (Lipinski definition) is 2. The Labute approximate surface area is 178 Å². The van der Waals surface area contributed by atoms with Gasteiger partial charge in [-0.25, -0.2) is 4.79 Å². The number of hydrogen-bond acceptors (Lipinski definition) is 8. The van der Waals surface area contributed by atoms with Crippen molar-refractivity contribution in [3.05, 3.63) is 32.9 Å². The van der Waals surface area contributed by atoms with Gasteiger partial charge in [-0.1, -0.05) is 20.3 Å². The van der Waals surface area contributed by atoms with E-state index < -0.39 is 59.4 Å². The van der Waals surface area contributed by atoms with Gasteiger partial charge in [-0.05, 0) is 19.8 Å². The number of nitrogens with zero attached hydrogens (tertiary/aromatic N) is 1. The summed E-state index contributed by atoms with van der Waals surface area (Å²) in [5, 5.41) is 0. The van der Waals surface area contributed by atoms with E-state index in [1.807, 2.05) is 18.8 Å². The van der Waals surface area contributed by atoms with Crippen LogP contribution in [0.25, 0.3) is 0 Å². The van der Waals surface area contributed by atoms with Crippen molar-refractivity contribution in [2.45, 2.75) is 70.5 Å². The zero-order valence-corrected chi connectivity index (χ0v) is 17.9. The van der Waals surface area contributed by atoms with E-state index in [0.29, 0.717) is 0 Å². The highest BCUT2D eigenvalue weighted by Crippen LogP contribution is 2.42. The normalized spacial score (nSPS) is 29.0. The van der Waals surface area contributed by atoms with Crippen LogP contribution >= 0.6 is 12.4 Å². The Balaban J connectivity index is 0.00000320. The van der Waals surface area contributed by atoms with Gasteiger partial charge in [0.15, 0.2) is 12.0 Å². The molecule has 10 nitrogen and oxygen atoms in total. The van der Waals surface area contributed by atoms with E-state index in [1.165, 1.54) is 0 Å². The lowest BCUT2D eigenvalue weighted by Crippen LogP contribution is -2.41. The standard InChI is InChI=1S/C18H26FN3O7.ClH/c1-5-8(2)11(20)16(24)26-7-10-12-13(29-18(3,4)28-12)15(27-10)22-6-9(19)14(23)21-17(22)25;/h6,8,10-13,15H,5,7,20H2,1-4H3,(H,21,23,25);1H/t8-,10+,11-,12+,13+,15+;/m0./s1. The van der Waals surface area contributed by atoms with Crippen LogP contribution in [0.3, 0.4) is 0 Å². The quantitative estimate of drug-likeness (QED) is 0.594. The Hall–Kier alpha value is -1.79. The van der Waals surface area contributed by atoms with Gasteiger partial charge in [0, 0.05) is 0 Å². The monoisotopic (exact) mass is 451 g/mol. The number of carbonyl (C=O) groups excluding carboxylic acids is 1. The molecule has 2 aliphatic rings. The number of halogens is 2. The number of nitrogens with two attached hydrogens (primary N) is 1. The molecule has 0 unspecified atom stereocenters. The van der Waals surface area contributed by atoms with Crippen LogP contribution in [0.1, 0.15) is 40.3 Å². The maximum Gasteiger partial charge on any atom is 0.330 e. The minimum absolute atomic E-state index is 0. The first kappa shape index (κ1) is 24.5. The van der Waals surface area contributed by atoms with E-state index in [9.17, 15) is 18.8 Å². The summed E-state index contributed by atoms with van der Waals surface area (Å²) in [5.74, 6) is -2.76. The van der Waals surface area contributed by atoms with Crippen LogP contribution in [-0.4, -0.2) is 52.3 Å². The Morgan fingerprint density at radius 3 is 2.63 bits per heavy atom. The van der Waals surface area contributed by atoms with Crippen LogP contribution in [0.5, 0.6) is 0 Å². The molecule has 3 heterocycles. The second kappa shape index (κ2) is 9.15. The zero-order chi connectivity index (χ0) is 21.5. The van der Waals surface area contributed by atoms with Gasteiger partial charge in [-0.2, -0.15) is 4.39 Å². The van der Waals surface area contributed by atoms with Crippen LogP contribution in [0.4, 0.5) is 4.39 Å². The Morgan fingerprint density at radius 2 is 2.00 bits per heavy atom. The molecule has 0 bridgehead atoms. The summed E-state index contributed by atoms with van der Waals surface area (Å²) in [6, 6.07) is -0.777. The molecule has 1 aromatic rings. The highest BCUT2D eigenvalue weighted by atomic mass is 35.5. The third kappa shape index (κ3) is 4.75. The third-order valence-electron chi connectivity index (χ3n) is 5.24. The van der Waals surface area contributed by atoms with Gasteiger partial charge in [-0.3, -0.25) is 19.1 Å². The molecule has 12 heteroatoms. The summed E-state index contributed by atoms with van der Waals surface area (Å²) in [7, 11) is 0. The molecule has 2 saturated heterocycles.